The Labute approximate surface area is 155 Å². The fourth-order valence-electron chi connectivity index (χ4n) is 2.80. The molecule has 26 heavy (non-hydrogen) atoms. The highest BCUT2D eigenvalue weighted by Gasteiger charge is 2.16. The molecule has 0 bridgehead atoms. The van der Waals surface area contributed by atoms with Crippen molar-refractivity contribution >= 4 is 17.5 Å². The molecule has 2 amide bonds. The molecule has 1 N–H and O–H groups in total. The van der Waals surface area contributed by atoms with Crippen molar-refractivity contribution in [1.29, 1.82) is 0 Å². The quantitative estimate of drug-likeness (QED) is 0.831. The number of hydrogen-bond donors (Lipinski definition) is 1. The minimum absolute atomic E-state index is 0.0486. The Morgan fingerprint density at radius 1 is 1.00 bits per heavy atom. The Morgan fingerprint density at radius 2 is 1.62 bits per heavy atom. The Kier molecular flexibility index (Phi) is 6.78. The normalized spacial score (nSPS) is 10.3. The molecule has 0 radical (unpaired) electrons. The van der Waals surface area contributed by atoms with Gasteiger partial charge in [0, 0.05) is 25.7 Å². The summed E-state index contributed by atoms with van der Waals surface area (Å²) in [5.41, 5.74) is 4.12. The number of hydrogen-bond acceptors (Lipinski definition) is 3. The molecule has 0 saturated heterocycles. The molecule has 2 aromatic rings. The molecule has 138 valence electrons. The van der Waals surface area contributed by atoms with Crippen LogP contribution in [0.15, 0.2) is 42.5 Å². The summed E-state index contributed by atoms with van der Waals surface area (Å²) < 4.78 is 5.46. The molecule has 0 saturated carbocycles. The number of nitrogens with zero attached hydrogens (tertiary/aromatic N) is 1. The minimum atomic E-state index is -0.212. The molecule has 0 aromatic heterocycles. The van der Waals surface area contributed by atoms with Crippen LogP contribution in [-0.2, 0) is 9.59 Å². The standard InChI is InChI=1S/C21H26N2O3/c1-15-8-10-19(11-9-15)26-14-20(25)22-12-13-23(18(4)24)21-16(2)6-5-7-17(21)3/h5-11H,12-14H2,1-4H3,(H,22,25). The predicted octanol–water partition coefficient (Wildman–Crippen LogP) is 3.16. The zero-order valence-corrected chi connectivity index (χ0v) is 15.8. The van der Waals surface area contributed by atoms with Gasteiger partial charge in [0.2, 0.25) is 5.91 Å². The van der Waals surface area contributed by atoms with Crippen molar-refractivity contribution in [2.45, 2.75) is 27.7 Å². The smallest absolute Gasteiger partial charge is 0.258 e. The molecule has 0 aliphatic rings. The monoisotopic (exact) mass is 354 g/mol. The molecular formula is C21H26N2O3. The van der Waals surface area contributed by atoms with Crippen LogP contribution in [0.2, 0.25) is 0 Å². The number of benzene rings is 2. The molecule has 0 aliphatic heterocycles. The Morgan fingerprint density at radius 3 is 2.19 bits per heavy atom. The lowest BCUT2D eigenvalue weighted by atomic mass is 10.1. The highest BCUT2D eigenvalue weighted by Crippen LogP contribution is 2.24. The highest BCUT2D eigenvalue weighted by atomic mass is 16.5. The molecule has 0 heterocycles. The summed E-state index contributed by atoms with van der Waals surface area (Å²) in [5.74, 6) is 0.398. The van der Waals surface area contributed by atoms with E-state index in [-0.39, 0.29) is 18.4 Å². The summed E-state index contributed by atoms with van der Waals surface area (Å²) in [4.78, 5) is 25.7. The van der Waals surface area contributed by atoms with Crippen LogP contribution >= 0.6 is 0 Å². The van der Waals surface area contributed by atoms with E-state index in [1.165, 1.54) is 6.92 Å². The number of carbonyl (C=O) groups excluding carboxylic acids is 2. The Balaban J connectivity index is 1.87. The summed E-state index contributed by atoms with van der Waals surface area (Å²) in [7, 11) is 0. The first-order valence-corrected chi connectivity index (χ1v) is 8.69. The molecule has 2 aromatic carbocycles. The lowest BCUT2D eigenvalue weighted by Crippen LogP contribution is -2.39. The lowest BCUT2D eigenvalue weighted by Gasteiger charge is -2.25. The van der Waals surface area contributed by atoms with Crippen LogP contribution < -0.4 is 15.0 Å². The van der Waals surface area contributed by atoms with Gasteiger partial charge in [-0.1, -0.05) is 35.9 Å². The SMILES string of the molecule is CC(=O)N(CCNC(=O)COc1ccc(C)cc1)c1c(C)cccc1C. The number of rotatable bonds is 7. The molecule has 0 atom stereocenters. The van der Waals surface area contributed by atoms with Crippen molar-refractivity contribution in [1.82, 2.24) is 5.32 Å². The van der Waals surface area contributed by atoms with Crippen LogP contribution in [0.25, 0.3) is 0 Å². The zero-order valence-electron chi connectivity index (χ0n) is 15.8. The van der Waals surface area contributed by atoms with Gasteiger partial charge in [-0.15, -0.1) is 0 Å². The summed E-state index contributed by atoms with van der Waals surface area (Å²) in [6.45, 7) is 8.22. The second-order valence-electron chi connectivity index (χ2n) is 6.36. The van der Waals surface area contributed by atoms with E-state index in [9.17, 15) is 9.59 Å². The van der Waals surface area contributed by atoms with Crippen LogP contribution in [0.3, 0.4) is 0 Å². The molecule has 0 spiro atoms. The average Bonchev–Trinajstić information content (AvgIpc) is 2.59. The van der Waals surface area contributed by atoms with E-state index in [0.29, 0.717) is 18.8 Å². The van der Waals surface area contributed by atoms with Gasteiger partial charge < -0.3 is 15.0 Å². The van der Waals surface area contributed by atoms with Gasteiger partial charge in [0.15, 0.2) is 6.61 Å². The number of anilines is 1. The van der Waals surface area contributed by atoms with Gasteiger partial charge in [-0.05, 0) is 44.0 Å². The van der Waals surface area contributed by atoms with Crippen molar-refractivity contribution in [2.24, 2.45) is 0 Å². The van der Waals surface area contributed by atoms with Crippen LogP contribution in [0.5, 0.6) is 5.75 Å². The molecule has 0 aliphatic carbocycles. The second-order valence-corrected chi connectivity index (χ2v) is 6.36. The van der Waals surface area contributed by atoms with Crippen LogP contribution in [0.1, 0.15) is 23.6 Å². The van der Waals surface area contributed by atoms with E-state index in [0.717, 1.165) is 22.4 Å². The van der Waals surface area contributed by atoms with Gasteiger partial charge in [0.1, 0.15) is 5.75 Å². The zero-order chi connectivity index (χ0) is 19.1. The van der Waals surface area contributed by atoms with Crippen LogP contribution in [0, 0.1) is 20.8 Å². The first-order valence-electron chi connectivity index (χ1n) is 8.69. The van der Waals surface area contributed by atoms with Gasteiger partial charge in [-0.25, -0.2) is 0 Å². The van der Waals surface area contributed by atoms with Crippen molar-refractivity contribution in [3.63, 3.8) is 0 Å². The molecule has 0 fully saturated rings. The number of amides is 2. The summed E-state index contributed by atoms with van der Waals surface area (Å²) in [5, 5.41) is 2.80. The molecule has 2 rings (SSSR count). The number of ether oxygens (including phenoxy) is 1. The maximum Gasteiger partial charge on any atom is 0.258 e. The van der Waals surface area contributed by atoms with Crippen LogP contribution in [-0.4, -0.2) is 31.5 Å². The maximum atomic E-state index is 12.1. The van der Waals surface area contributed by atoms with Gasteiger partial charge in [-0.2, -0.15) is 0 Å². The molecular weight excluding hydrogens is 328 g/mol. The Bertz CT molecular complexity index is 749. The van der Waals surface area contributed by atoms with Crippen molar-refractivity contribution in [3.8, 4) is 5.75 Å². The topological polar surface area (TPSA) is 58.6 Å². The molecule has 0 unspecified atom stereocenters. The first kappa shape index (κ1) is 19.5. The first-order chi connectivity index (χ1) is 12.4. The number of carbonyl (C=O) groups is 2. The van der Waals surface area contributed by atoms with E-state index in [2.05, 4.69) is 5.32 Å². The van der Waals surface area contributed by atoms with E-state index >= 15 is 0 Å². The molecule has 5 nitrogen and oxygen atoms in total. The minimum Gasteiger partial charge on any atom is -0.484 e. The predicted molar refractivity (Wildman–Crippen MR) is 104 cm³/mol. The van der Waals surface area contributed by atoms with Gasteiger partial charge in [0.05, 0.1) is 0 Å². The third kappa shape index (κ3) is 5.34. The van der Waals surface area contributed by atoms with Crippen molar-refractivity contribution in [3.05, 3.63) is 59.2 Å². The van der Waals surface area contributed by atoms with Gasteiger partial charge in [0.25, 0.3) is 5.91 Å². The van der Waals surface area contributed by atoms with E-state index < -0.39 is 0 Å². The summed E-state index contributed by atoms with van der Waals surface area (Å²) in [6, 6.07) is 13.5. The Hall–Kier alpha value is -2.82. The van der Waals surface area contributed by atoms with E-state index in [1.807, 2.05) is 63.2 Å². The fourth-order valence-corrected chi connectivity index (χ4v) is 2.80. The summed E-state index contributed by atoms with van der Waals surface area (Å²) >= 11 is 0. The number of para-hydroxylation sites is 1. The number of nitrogens with one attached hydrogen (secondary N) is 1. The van der Waals surface area contributed by atoms with E-state index in [1.54, 1.807) is 4.90 Å². The number of aryl methyl sites for hydroxylation is 3. The summed E-state index contributed by atoms with van der Waals surface area (Å²) in [6.07, 6.45) is 0. The largest absolute Gasteiger partial charge is 0.484 e. The van der Waals surface area contributed by atoms with E-state index in [4.69, 9.17) is 4.74 Å². The molecule has 5 heteroatoms. The van der Waals surface area contributed by atoms with Crippen molar-refractivity contribution < 1.29 is 14.3 Å². The van der Waals surface area contributed by atoms with Crippen molar-refractivity contribution in [2.75, 3.05) is 24.6 Å². The third-order valence-corrected chi connectivity index (χ3v) is 4.14. The third-order valence-electron chi connectivity index (χ3n) is 4.14. The second kappa shape index (κ2) is 9.04. The van der Waals surface area contributed by atoms with Gasteiger partial charge >= 0.3 is 0 Å². The lowest BCUT2D eigenvalue weighted by molar-refractivity contribution is -0.123. The fraction of sp³-hybridized carbons (Fsp3) is 0.333. The van der Waals surface area contributed by atoms with Crippen LogP contribution in [0.4, 0.5) is 5.69 Å². The average molecular weight is 354 g/mol. The highest BCUT2D eigenvalue weighted by molar-refractivity contribution is 5.93. The van der Waals surface area contributed by atoms with Gasteiger partial charge in [-0.3, -0.25) is 9.59 Å². The maximum absolute atomic E-state index is 12.1.